The van der Waals surface area contributed by atoms with Gasteiger partial charge in [0.15, 0.2) is 0 Å². The Balaban J connectivity index is 2.77. The maximum absolute atomic E-state index is 12.8. The predicted octanol–water partition coefficient (Wildman–Crippen LogP) is 3.04. The summed E-state index contributed by atoms with van der Waals surface area (Å²) in [5.74, 6) is 0. The van der Waals surface area contributed by atoms with Crippen molar-refractivity contribution in [3.05, 3.63) is 35.9 Å². The number of carbonyl (C=O) groups is 1. The third kappa shape index (κ3) is 3.65. The monoisotopic (exact) mass is 261 g/mol. The molecule has 0 aliphatic carbocycles. The molecule has 0 saturated carbocycles. The van der Waals surface area contributed by atoms with E-state index in [0.717, 1.165) is 12.5 Å². The van der Waals surface area contributed by atoms with Crippen LogP contribution in [0.5, 0.6) is 0 Å². The number of hydrogen-bond acceptors (Lipinski definition) is 2. The maximum Gasteiger partial charge on any atom is 0.428 e. The van der Waals surface area contributed by atoms with E-state index >= 15 is 0 Å². The van der Waals surface area contributed by atoms with Crippen LogP contribution in [0.25, 0.3) is 0 Å². The fourth-order valence-corrected chi connectivity index (χ4v) is 1.50. The van der Waals surface area contributed by atoms with E-state index < -0.39 is 17.9 Å². The largest absolute Gasteiger partial charge is 0.434 e. The number of halogens is 3. The molecule has 1 unspecified atom stereocenters. The number of amides is 1. The zero-order chi connectivity index (χ0) is 13.8. The second-order valence-corrected chi connectivity index (χ2v) is 4.14. The minimum absolute atomic E-state index is 0.143. The summed E-state index contributed by atoms with van der Waals surface area (Å²) in [4.78, 5) is 10.6. The summed E-state index contributed by atoms with van der Waals surface area (Å²) < 4.78 is 42.7. The Morgan fingerprint density at radius 2 is 1.83 bits per heavy atom. The van der Waals surface area contributed by atoms with E-state index in [1.807, 2.05) is 0 Å². The van der Waals surface area contributed by atoms with Gasteiger partial charge in [-0.25, -0.2) is 4.79 Å². The lowest BCUT2D eigenvalue weighted by Crippen LogP contribution is -2.47. The number of alkyl halides is 3. The number of ether oxygens (including phenoxy) is 1. The minimum Gasteiger partial charge on any atom is -0.434 e. The summed E-state index contributed by atoms with van der Waals surface area (Å²) in [6, 6.07) is 8.65. The lowest BCUT2D eigenvalue weighted by atomic mass is 9.96. The van der Waals surface area contributed by atoms with Crippen molar-refractivity contribution in [2.45, 2.75) is 31.5 Å². The van der Waals surface area contributed by atoms with Gasteiger partial charge in [0.1, 0.15) is 0 Å². The number of nitrogens with two attached hydrogens (primary N) is 1. The van der Waals surface area contributed by atoms with Crippen LogP contribution in [-0.4, -0.2) is 17.9 Å². The van der Waals surface area contributed by atoms with Gasteiger partial charge in [-0.1, -0.05) is 30.3 Å². The van der Waals surface area contributed by atoms with Crippen molar-refractivity contribution in [2.24, 2.45) is 5.73 Å². The molecule has 1 amide bonds. The van der Waals surface area contributed by atoms with Crippen molar-refractivity contribution in [3.8, 4) is 0 Å². The first-order chi connectivity index (χ1) is 8.24. The van der Waals surface area contributed by atoms with Crippen LogP contribution < -0.4 is 5.73 Å². The van der Waals surface area contributed by atoms with Crippen molar-refractivity contribution in [1.82, 2.24) is 0 Å². The number of benzene rings is 1. The van der Waals surface area contributed by atoms with Crippen LogP contribution in [0, 0.1) is 0 Å². The van der Waals surface area contributed by atoms with Gasteiger partial charge in [0.25, 0.3) is 0 Å². The topological polar surface area (TPSA) is 52.3 Å². The van der Waals surface area contributed by atoms with Crippen molar-refractivity contribution < 1.29 is 22.7 Å². The zero-order valence-electron chi connectivity index (χ0n) is 9.83. The van der Waals surface area contributed by atoms with Crippen molar-refractivity contribution in [2.75, 3.05) is 0 Å². The molecule has 0 radical (unpaired) electrons. The van der Waals surface area contributed by atoms with E-state index in [1.165, 1.54) is 0 Å². The third-order valence-corrected chi connectivity index (χ3v) is 2.66. The number of carbonyl (C=O) groups excluding carboxylic acids is 1. The molecule has 1 aromatic carbocycles. The van der Waals surface area contributed by atoms with E-state index in [0.29, 0.717) is 0 Å². The van der Waals surface area contributed by atoms with E-state index in [4.69, 9.17) is 0 Å². The molecule has 0 spiro atoms. The number of aryl methyl sites for hydroxylation is 1. The van der Waals surface area contributed by atoms with Crippen LogP contribution in [0.15, 0.2) is 30.3 Å². The highest BCUT2D eigenvalue weighted by atomic mass is 19.4. The number of hydrogen-bond donors (Lipinski definition) is 1. The summed E-state index contributed by atoms with van der Waals surface area (Å²) in [6.07, 6.45) is -6.31. The molecule has 0 heterocycles. The molecule has 1 aromatic rings. The Labute approximate surface area is 103 Å². The van der Waals surface area contributed by atoms with Crippen LogP contribution >= 0.6 is 0 Å². The maximum atomic E-state index is 12.8. The molecule has 18 heavy (non-hydrogen) atoms. The standard InChI is InChI=1S/C12H14F3NO2/c1-11(12(13,14)15,18-10(16)17)8-7-9-5-3-2-4-6-9/h2-6H,7-8H2,1H3,(H2,16,17). The molecule has 3 nitrogen and oxygen atoms in total. The van der Waals surface area contributed by atoms with E-state index in [2.05, 4.69) is 10.5 Å². The smallest absolute Gasteiger partial charge is 0.428 e. The molecule has 1 atom stereocenters. The SMILES string of the molecule is CC(CCc1ccccc1)(OC(N)=O)C(F)(F)F. The highest BCUT2D eigenvalue weighted by Gasteiger charge is 2.53. The summed E-state index contributed by atoms with van der Waals surface area (Å²) in [5.41, 5.74) is 2.86. The highest BCUT2D eigenvalue weighted by Crippen LogP contribution is 2.37. The molecule has 0 aromatic heterocycles. The fraction of sp³-hybridized carbons (Fsp3) is 0.417. The third-order valence-electron chi connectivity index (χ3n) is 2.66. The van der Waals surface area contributed by atoms with Gasteiger partial charge in [0, 0.05) is 6.42 Å². The molecule has 0 aliphatic heterocycles. The summed E-state index contributed by atoms with van der Waals surface area (Å²) >= 11 is 0. The van der Waals surface area contributed by atoms with Crippen LogP contribution in [0.2, 0.25) is 0 Å². The summed E-state index contributed by atoms with van der Waals surface area (Å²) in [7, 11) is 0. The molecular weight excluding hydrogens is 247 g/mol. The van der Waals surface area contributed by atoms with Gasteiger partial charge in [-0.15, -0.1) is 0 Å². The molecule has 1 rings (SSSR count). The zero-order valence-corrected chi connectivity index (χ0v) is 9.83. The molecule has 2 N–H and O–H groups in total. The van der Waals surface area contributed by atoms with Crippen LogP contribution in [0.4, 0.5) is 18.0 Å². The molecule has 6 heteroatoms. The van der Waals surface area contributed by atoms with Gasteiger partial charge in [-0.2, -0.15) is 13.2 Å². The predicted molar refractivity (Wildman–Crippen MR) is 59.9 cm³/mol. The second-order valence-electron chi connectivity index (χ2n) is 4.14. The lowest BCUT2D eigenvalue weighted by molar-refractivity contribution is -0.252. The summed E-state index contributed by atoms with van der Waals surface area (Å²) in [6.45, 7) is 0.820. The van der Waals surface area contributed by atoms with Gasteiger partial charge >= 0.3 is 12.3 Å². The Hall–Kier alpha value is -1.72. The molecule has 0 saturated heterocycles. The number of rotatable bonds is 4. The van der Waals surface area contributed by atoms with E-state index in [-0.39, 0.29) is 12.8 Å². The van der Waals surface area contributed by atoms with Crippen molar-refractivity contribution in [3.63, 3.8) is 0 Å². The average Bonchev–Trinajstić information content (AvgIpc) is 2.25. The molecule has 0 bridgehead atoms. The first-order valence-electron chi connectivity index (χ1n) is 5.34. The van der Waals surface area contributed by atoms with E-state index in [1.54, 1.807) is 30.3 Å². The molecule has 100 valence electrons. The Bertz CT molecular complexity index is 406. The van der Waals surface area contributed by atoms with Crippen molar-refractivity contribution >= 4 is 6.09 Å². The second kappa shape index (κ2) is 5.29. The molecule has 0 aliphatic rings. The quantitative estimate of drug-likeness (QED) is 0.905. The Morgan fingerprint density at radius 1 is 1.28 bits per heavy atom. The fourth-order valence-electron chi connectivity index (χ4n) is 1.50. The van der Waals surface area contributed by atoms with Gasteiger partial charge in [0.05, 0.1) is 0 Å². The van der Waals surface area contributed by atoms with Crippen LogP contribution in [0.1, 0.15) is 18.9 Å². The van der Waals surface area contributed by atoms with Gasteiger partial charge in [-0.3, -0.25) is 0 Å². The molecular formula is C12H14F3NO2. The molecule has 0 fully saturated rings. The summed E-state index contributed by atoms with van der Waals surface area (Å²) in [5, 5.41) is 0. The van der Waals surface area contributed by atoms with E-state index in [9.17, 15) is 18.0 Å². The lowest BCUT2D eigenvalue weighted by Gasteiger charge is -2.30. The van der Waals surface area contributed by atoms with Gasteiger partial charge < -0.3 is 10.5 Å². The Morgan fingerprint density at radius 3 is 2.28 bits per heavy atom. The van der Waals surface area contributed by atoms with Gasteiger partial charge in [-0.05, 0) is 18.9 Å². The average molecular weight is 261 g/mol. The van der Waals surface area contributed by atoms with Crippen LogP contribution in [-0.2, 0) is 11.2 Å². The van der Waals surface area contributed by atoms with Crippen molar-refractivity contribution in [1.29, 1.82) is 0 Å². The highest BCUT2D eigenvalue weighted by molar-refractivity contribution is 5.65. The first-order valence-corrected chi connectivity index (χ1v) is 5.34. The minimum atomic E-state index is -4.66. The first kappa shape index (κ1) is 14.3. The van der Waals surface area contributed by atoms with Gasteiger partial charge in [0.2, 0.25) is 5.60 Å². The normalized spacial score (nSPS) is 14.9. The van der Waals surface area contributed by atoms with Crippen LogP contribution in [0.3, 0.4) is 0 Å². The number of primary amides is 1. The Kier molecular flexibility index (Phi) is 4.21.